The molecular weight excluding hydrogens is 592 g/mol. The molecule has 4 aromatic carbocycles. The van der Waals surface area contributed by atoms with Gasteiger partial charge in [0.05, 0.1) is 37.4 Å². The third-order valence-corrected chi connectivity index (χ3v) is 8.33. The van der Waals surface area contributed by atoms with E-state index in [1.54, 1.807) is 36.4 Å². The summed E-state index contributed by atoms with van der Waals surface area (Å²) in [4.78, 5) is 27.5. The third-order valence-electron chi connectivity index (χ3n) is 8.33. The van der Waals surface area contributed by atoms with Gasteiger partial charge in [-0.05, 0) is 34.9 Å². The minimum absolute atomic E-state index is 0.128. The molecule has 1 fully saturated rings. The number of aliphatic hydroxyl groups is 1. The highest BCUT2D eigenvalue weighted by Crippen LogP contribution is 2.39. The van der Waals surface area contributed by atoms with Crippen LogP contribution in [-0.4, -0.2) is 47.4 Å². The maximum atomic E-state index is 14.5. The Hall–Kier alpha value is -4.66. The van der Waals surface area contributed by atoms with Crippen LogP contribution in [0.3, 0.4) is 0 Å². The van der Waals surface area contributed by atoms with Crippen LogP contribution in [0.5, 0.6) is 0 Å². The molecule has 7 atom stereocenters. The molecule has 5 rings (SSSR count). The quantitative estimate of drug-likeness (QED) is 0.118. The van der Waals surface area contributed by atoms with Gasteiger partial charge in [0.1, 0.15) is 24.4 Å². The Morgan fingerprint density at radius 3 is 1.60 bits per heavy atom. The largest absolute Gasteiger partial charge is 0.452 e. The van der Waals surface area contributed by atoms with Gasteiger partial charge in [-0.25, -0.2) is 4.79 Å². The summed E-state index contributed by atoms with van der Waals surface area (Å²) in [6.45, 7) is 8.41. The Labute approximate surface area is 276 Å². The molecule has 7 nitrogen and oxygen atoms in total. The van der Waals surface area contributed by atoms with E-state index >= 15 is 0 Å². The zero-order valence-electron chi connectivity index (χ0n) is 26.2. The topological polar surface area (TPSA) is 91.3 Å². The van der Waals surface area contributed by atoms with Crippen molar-refractivity contribution >= 4 is 11.8 Å². The van der Waals surface area contributed by atoms with Crippen molar-refractivity contribution in [2.45, 2.75) is 50.3 Å². The van der Waals surface area contributed by atoms with E-state index in [2.05, 4.69) is 13.2 Å². The smallest absolute Gasteiger partial charge is 0.338 e. The number of carbonyl (C=O) groups is 2. The molecule has 0 aliphatic heterocycles. The monoisotopic (exact) mass is 632 g/mol. The molecule has 1 aliphatic carbocycles. The molecule has 0 radical (unpaired) electrons. The predicted molar refractivity (Wildman–Crippen MR) is 179 cm³/mol. The minimum Gasteiger partial charge on any atom is -0.452 e. The van der Waals surface area contributed by atoms with E-state index in [0.717, 1.165) is 16.7 Å². The lowest BCUT2D eigenvalue weighted by atomic mass is 9.69. The Bertz CT molecular complexity index is 1580. The van der Waals surface area contributed by atoms with Crippen LogP contribution >= 0.6 is 0 Å². The van der Waals surface area contributed by atoms with Crippen molar-refractivity contribution in [2.24, 2.45) is 11.8 Å². The van der Waals surface area contributed by atoms with Gasteiger partial charge in [-0.3, -0.25) is 4.79 Å². The fraction of sp³-hybridized carbons (Fsp3) is 0.250. The first kappa shape index (κ1) is 33.7. The highest BCUT2D eigenvalue weighted by atomic mass is 16.6. The van der Waals surface area contributed by atoms with Crippen molar-refractivity contribution in [3.8, 4) is 0 Å². The van der Waals surface area contributed by atoms with Gasteiger partial charge in [0.2, 0.25) is 0 Å². The molecule has 4 aromatic rings. The minimum atomic E-state index is -1.48. The maximum Gasteiger partial charge on any atom is 0.338 e. The highest BCUT2D eigenvalue weighted by molar-refractivity contribution is 5.90. The molecule has 1 saturated carbocycles. The van der Waals surface area contributed by atoms with Gasteiger partial charge in [-0.1, -0.05) is 122 Å². The fourth-order valence-electron chi connectivity index (χ4n) is 5.90. The summed E-state index contributed by atoms with van der Waals surface area (Å²) in [7, 11) is 0. The molecular formula is C40H40O7. The molecule has 7 heteroatoms. The summed E-state index contributed by atoms with van der Waals surface area (Å²) in [5.41, 5.74) is 3.02. The van der Waals surface area contributed by atoms with E-state index in [1.165, 1.54) is 6.08 Å². The number of hydrogen-bond donors (Lipinski definition) is 1. The number of aliphatic hydroxyl groups excluding tert-OH is 1. The van der Waals surface area contributed by atoms with Crippen LogP contribution in [0.25, 0.3) is 0 Å². The summed E-state index contributed by atoms with van der Waals surface area (Å²) in [6.07, 6.45) is -2.48. The molecule has 0 amide bonds. The number of esters is 1. The standard InChI is InChI=1S/C40H40O7/c1-3-32-34(35(41)33(4-2)47-40(43)31-23-15-8-16-24-31)36(42)38(45-26-29-19-11-6-12-20-29)39(46-27-30-21-13-7-14-22-30)37(32)44-25-28-17-9-5-10-18-28/h3-24,32-35,37-39,41H,1-2,25-27H2/t32-,33-,34+,35+,37+,38-,39-/m0/s1. The Morgan fingerprint density at radius 2 is 1.13 bits per heavy atom. The second-order valence-electron chi connectivity index (χ2n) is 11.4. The van der Waals surface area contributed by atoms with Crippen molar-refractivity contribution in [1.29, 1.82) is 0 Å². The fourth-order valence-corrected chi connectivity index (χ4v) is 5.90. The first-order valence-corrected chi connectivity index (χ1v) is 15.7. The van der Waals surface area contributed by atoms with Crippen LogP contribution in [-0.2, 0) is 43.6 Å². The SMILES string of the molecule is C=C[C@@H]1[C@@H](OCc2ccccc2)[C@H](OCc2ccccc2)[C@@H](OCc2ccccc2)C(=O)[C@H]1[C@H](O)[C@H](C=C)OC(=O)c1ccccc1. The van der Waals surface area contributed by atoms with Gasteiger partial charge >= 0.3 is 5.97 Å². The number of Topliss-reactive ketones (excluding diaryl/α,β-unsaturated/α-hetero) is 1. The predicted octanol–water partition coefficient (Wildman–Crippen LogP) is 6.52. The molecule has 242 valence electrons. The van der Waals surface area contributed by atoms with Crippen LogP contribution < -0.4 is 0 Å². The van der Waals surface area contributed by atoms with E-state index in [0.29, 0.717) is 5.56 Å². The van der Waals surface area contributed by atoms with Crippen LogP contribution in [0.2, 0.25) is 0 Å². The zero-order chi connectivity index (χ0) is 33.0. The normalized spacial score (nSPS) is 22.1. The van der Waals surface area contributed by atoms with E-state index in [-0.39, 0.29) is 19.8 Å². The van der Waals surface area contributed by atoms with Gasteiger partial charge in [0, 0.05) is 5.92 Å². The Kier molecular flexibility index (Phi) is 12.0. The summed E-state index contributed by atoms with van der Waals surface area (Å²) in [6, 6.07) is 37.3. The number of carbonyl (C=O) groups excluding carboxylic acids is 2. The molecule has 47 heavy (non-hydrogen) atoms. The van der Waals surface area contributed by atoms with Gasteiger partial charge in [0.15, 0.2) is 5.78 Å². The zero-order valence-corrected chi connectivity index (χ0v) is 26.2. The maximum absolute atomic E-state index is 14.5. The van der Waals surface area contributed by atoms with Crippen LogP contribution in [0.15, 0.2) is 147 Å². The second kappa shape index (κ2) is 16.8. The molecule has 0 spiro atoms. The van der Waals surface area contributed by atoms with Crippen molar-refractivity contribution in [2.75, 3.05) is 0 Å². The number of ether oxygens (including phenoxy) is 4. The van der Waals surface area contributed by atoms with E-state index in [1.807, 2.05) is 91.0 Å². The Balaban J connectivity index is 1.49. The average Bonchev–Trinajstić information content (AvgIpc) is 3.13. The van der Waals surface area contributed by atoms with E-state index in [9.17, 15) is 14.7 Å². The first-order chi connectivity index (χ1) is 23.0. The number of rotatable bonds is 15. The third kappa shape index (κ3) is 8.58. The lowest BCUT2D eigenvalue weighted by Crippen LogP contribution is -2.62. The number of benzene rings is 4. The van der Waals surface area contributed by atoms with Crippen molar-refractivity contribution in [3.63, 3.8) is 0 Å². The first-order valence-electron chi connectivity index (χ1n) is 15.7. The van der Waals surface area contributed by atoms with E-state index < -0.39 is 54.1 Å². The average molecular weight is 633 g/mol. The van der Waals surface area contributed by atoms with E-state index in [4.69, 9.17) is 18.9 Å². The van der Waals surface area contributed by atoms with Gasteiger partial charge in [0.25, 0.3) is 0 Å². The van der Waals surface area contributed by atoms with Crippen LogP contribution in [0.4, 0.5) is 0 Å². The highest BCUT2D eigenvalue weighted by Gasteiger charge is 2.54. The number of hydrogen-bond acceptors (Lipinski definition) is 7. The number of ketones is 1. The molecule has 0 bridgehead atoms. The molecule has 1 aliphatic rings. The second-order valence-corrected chi connectivity index (χ2v) is 11.4. The van der Waals surface area contributed by atoms with Crippen molar-refractivity contribution in [3.05, 3.63) is 169 Å². The van der Waals surface area contributed by atoms with Crippen LogP contribution in [0.1, 0.15) is 27.0 Å². The Morgan fingerprint density at radius 1 is 0.681 bits per heavy atom. The van der Waals surface area contributed by atoms with Crippen molar-refractivity contribution in [1.82, 2.24) is 0 Å². The summed E-state index contributed by atoms with van der Waals surface area (Å²) in [5, 5.41) is 11.8. The van der Waals surface area contributed by atoms with Gasteiger partial charge < -0.3 is 24.1 Å². The lowest BCUT2D eigenvalue weighted by Gasteiger charge is -2.46. The molecule has 0 aromatic heterocycles. The summed E-state index contributed by atoms with van der Waals surface area (Å²) in [5.74, 6) is -2.89. The van der Waals surface area contributed by atoms with Crippen LogP contribution in [0, 0.1) is 11.8 Å². The lowest BCUT2D eigenvalue weighted by molar-refractivity contribution is -0.204. The van der Waals surface area contributed by atoms with Gasteiger partial charge in [-0.2, -0.15) is 0 Å². The summed E-state index contributed by atoms with van der Waals surface area (Å²) >= 11 is 0. The molecule has 0 heterocycles. The summed E-state index contributed by atoms with van der Waals surface area (Å²) < 4.78 is 25.1. The van der Waals surface area contributed by atoms with Crippen molar-refractivity contribution < 1.29 is 33.6 Å². The van der Waals surface area contributed by atoms with Gasteiger partial charge in [-0.15, -0.1) is 6.58 Å². The molecule has 0 unspecified atom stereocenters. The molecule has 0 saturated heterocycles. The molecule has 1 N–H and O–H groups in total.